The first-order chi connectivity index (χ1) is 12.4. The molecule has 0 spiro atoms. The summed E-state index contributed by atoms with van der Waals surface area (Å²) >= 11 is 13.4. The highest BCUT2D eigenvalue weighted by atomic mass is 35.5. The predicted molar refractivity (Wildman–Crippen MR) is 110 cm³/mol. The molecule has 1 heterocycles. The van der Waals surface area contributed by atoms with Gasteiger partial charge >= 0.3 is 0 Å². The lowest BCUT2D eigenvalue weighted by Crippen LogP contribution is -2.15. The molecule has 3 rings (SSSR count). The molecule has 26 heavy (non-hydrogen) atoms. The second-order valence-corrected chi connectivity index (χ2v) is 8.13. The van der Waals surface area contributed by atoms with Gasteiger partial charge in [-0.05, 0) is 36.2 Å². The molecule has 7 heteroatoms. The van der Waals surface area contributed by atoms with Gasteiger partial charge in [-0.2, -0.15) is 0 Å². The van der Waals surface area contributed by atoms with Crippen LogP contribution in [0.15, 0.2) is 47.6 Å². The first kappa shape index (κ1) is 19.1. The Kier molecular flexibility index (Phi) is 6.12. The number of fused-ring (bicyclic) bond motifs is 1. The van der Waals surface area contributed by atoms with Crippen molar-refractivity contribution in [1.82, 2.24) is 9.55 Å². The van der Waals surface area contributed by atoms with Crippen molar-refractivity contribution in [2.45, 2.75) is 25.5 Å². The van der Waals surface area contributed by atoms with Crippen molar-refractivity contribution in [3.63, 3.8) is 0 Å². The Balaban J connectivity index is 1.73. The lowest BCUT2D eigenvalue weighted by Gasteiger charge is -2.11. The number of amides is 1. The molecule has 0 aliphatic heterocycles. The smallest absolute Gasteiger partial charge is 0.234 e. The number of rotatable bonds is 6. The van der Waals surface area contributed by atoms with E-state index < -0.39 is 0 Å². The lowest BCUT2D eigenvalue weighted by molar-refractivity contribution is -0.113. The molecule has 0 aliphatic rings. The summed E-state index contributed by atoms with van der Waals surface area (Å²) in [7, 11) is 0. The van der Waals surface area contributed by atoms with Gasteiger partial charge in [0, 0.05) is 11.6 Å². The summed E-state index contributed by atoms with van der Waals surface area (Å²) in [5.41, 5.74) is 2.58. The van der Waals surface area contributed by atoms with Crippen molar-refractivity contribution in [2.24, 2.45) is 5.92 Å². The van der Waals surface area contributed by atoms with E-state index in [1.807, 2.05) is 18.2 Å². The van der Waals surface area contributed by atoms with E-state index in [0.29, 0.717) is 21.7 Å². The number of hydrogen-bond donors (Lipinski definition) is 1. The van der Waals surface area contributed by atoms with Crippen LogP contribution < -0.4 is 5.32 Å². The molecule has 1 amide bonds. The van der Waals surface area contributed by atoms with Crippen molar-refractivity contribution < 1.29 is 4.79 Å². The Morgan fingerprint density at radius 3 is 2.73 bits per heavy atom. The number of imidazole rings is 1. The van der Waals surface area contributed by atoms with Crippen LogP contribution in [0.1, 0.15) is 13.8 Å². The van der Waals surface area contributed by atoms with Crippen LogP contribution in [0.5, 0.6) is 0 Å². The van der Waals surface area contributed by atoms with Crippen molar-refractivity contribution in [1.29, 1.82) is 0 Å². The molecule has 0 saturated heterocycles. The number of carbonyl (C=O) groups excluding carboxylic acids is 1. The zero-order chi connectivity index (χ0) is 18.7. The molecular formula is C19H19Cl2N3OS. The van der Waals surface area contributed by atoms with Crippen LogP contribution in [-0.2, 0) is 11.3 Å². The van der Waals surface area contributed by atoms with Gasteiger partial charge in [0.05, 0.1) is 27.5 Å². The third-order valence-electron chi connectivity index (χ3n) is 3.70. The fourth-order valence-corrected chi connectivity index (χ4v) is 3.89. The van der Waals surface area contributed by atoms with E-state index in [0.717, 1.165) is 22.7 Å². The largest absolute Gasteiger partial charge is 0.324 e. The molecule has 0 radical (unpaired) electrons. The Bertz CT molecular complexity index is 940. The van der Waals surface area contributed by atoms with Gasteiger partial charge in [0.2, 0.25) is 5.91 Å². The van der Waals surface area contributed by atoms with E-state index in [-0.39, 0.29) is 11.7 Å². The van der Waals surface area contributed by atoms with Crippen molar-refractivity contribution >= 4 is 57.6 Å². The standard InChI is InChI=1S/C19H19Cl2N3OS/c1-12(2)10-24-17-6-4-3-5-16(17)23-19(24)26-11-18(25)22-15-8-7-13(20)9-14(15)21/h3-9,12H,10-11H2,1-2H3,(H,22,25). The van der Waals surface area contributed by atoms with E-state index >= 15 is 0 Å². The van der Waals surface area contributed by atoms with Gasteiger partial charge < -0.3 is 9.88 Å². The number of halogens is 2. The minimum absolute atomic E-state index is 0.137. The van der Waals surface area contributed by atoms with E-state index in [9.17, 15) is 4.79 Å². The molecular weight excluding hydrogens is 389 g/mol. The van der Waals surface area contributed by atoms with E-state index in [2.05, 4.69) is 34.8 Å². The summed E-state index contributed by atoms with van der Waals surface area (Å²) < 4.78 is 2.17. The molecule has 3 aromatic rings. The molecule has 2 aromatic carbocycles. The zero-order valence-electron chi connectivity index (χ0n) is 14.5. The number of nitrogens with zero attached hydrogens (tertiary/aromatic N) is 2. The van der Waals surface area contributed by atoms with Gasteiger partial charge in [-0.25, -0.2) is 4.98 Å². The van der Waals surface area contributed by atoms with Crippen LogP contribution in [0, 0.1) is 5.92 Å². The molecule has 0 fully saturated rings. The Morgan fingerprint density at radius 2 is 2.00 bits per heavy atom. The number of aromatic nitrogens is 2. The van der Waals surface area contributed by atoms with Crippen molar-refractivity contribution in [3.8, 4) is 0 Å². The van der Waals surface area contributed by atoms with E-state index in [1.54, 1.807) is 18.2 Å². The van der Waals surface area contributed by atoms with Crippen LogP contribution in [0.3, 0.4) is 0 Å². The van der Waals surface area contributed by atoms with Crippen LogP contribution >= 0.6 is 35.0 Å². The second kappa shape index (κ2) is 8.33. The maximum atomic E-state index is 12.3. The highest BCUT2D eigenvalue weighted by Crippen LogP contribution is 2.27. The van der Waals surface area contributed by atoms with Crippen LogP contribution in [-0.4, -0.2) is 21.2 Å². The first-order valence-corrected chi connectivity index (χ1v) is 10.0. The summed E-state index contributed by atoms with van der Waals surface area (Å²) in [6.45, 7) is 5.18. The fourth-order valence-electron chi connectivity index (χ4n) is 2.61. The Labute approximate surface area is 166 Å². The third-order valence-corrected chi connectivity index (χ3v) is 5.23. The maximum Gasteiger partial charge on any atom is 0.234 e. The second-order valence-electron chi connectivity index (χ2n) is 6.35. The normalized spacial score (nSPS) is 11.3. The SMILES string of the molecule is CC(C)Cn1c(SCC(=O)Nc2ccc(Cl)cc2Cl)nc2ccccc21. The molecule has 0 saturated carbocycles. The zero-order valence-corrected chi connectivity index (χ0v) is 16.8. The Hall–Kier alpha value is -1.69. The number of nitrogens with one attached hydrogen (secondary N) is 1. The van der Waals surface area contributed by atoms with Gasteiger partial charge in [-0.3, -0.25) is 4.79 Å². The number of benzene rings is 2. The summed E-state index contributed by atoms with van der Waals surface area (Å²) in [6.07, 6.45) is 0. The monoisotopic (exact) mass is 407 g/mol. The van der Waals surface area contributed by atoms with E-state index in [1.165, 1.54) is 11.8 Å². The number of anilines is 1. The van der Waals surface area contributed by atoms with Crippen LogP contribution in [0.2, 0.25) is 10.0 Å². The highest BCUT2D eigenvalue weighted by Gasteiger charge is 2.14. The molecule has 0 unspecified atom stereocenters. The summed E-state index contributed by atoms with van der Waals surface area (Å²) in [5.74, 6) is 0.594. The van der Waals surface area contributed by atoms with Gasteiger partial charge in [0.15, 0.2) is 5.16 Å². The molecule has 0 aliphatic carbocycles. The number of para-hydroxylation sites is 2. The lowest BCUT2D eigenvalue weighted by atomic mass is 10.2. The van der Waals surface area contributed by atoms with Crippen molar-refractivity contribution in [3.05, 3.63) is 52.5 Å². The van der Waals surface area contributed by atoms with Gasteiger partial charge in [0.1, 0.15) is 0 Å². The first-order valence-electron chi connectivity index (χ1n) is 8.27. The van der Waals surface area contributed by atoms with Gasteiger partial charge in [0.25, 0.3) is 0 Å². The number of hydrogen-bond acceptors (Lipinski definition) is 3. The molecule has 0 bridgehead atoms. The van der Waals surface area contributed by atoms with Gasteiger partial charge in [-0.1, -0.05) is 60.9 Å². The molecule has 1 N–H and O–H groups in total. The minimum Gasteiger partial charge on any atom is -0.324 e. The quantitative estimate of drug-likeness (QED) is 0.530. The van der Waals surface area contributed by atoms with Crippen LogP contribution in [0.25, 0.3) is 11.0 Å². The summed E-state index contributed by atoms with van der Waals surface area (Å²) in [4.78, 5) is 17.0. The van der Waals surface area contributed by atoms with Crippen molar-refractivity contribution in [2.75, 3.05) is 11.1 Å². The average Bonchev–Trinajstić information content (AvgIpc) is 2.93. The predicted octanol–water partition coefficient (Wildman–Crippen LogP) is 5.73. The van der Waals surface area contributed by atoms with E-state index in [4.69, 9.17) is 23.2 Å². The number of thioether (sulfide) groups is 1. The Morgan fingerprint density at radius 1 is 1.23 bits per heavy atom. The average molecular weight is 408 g/mol. The van der Waals surface area contributed by atoms with Gasteiger partial charge in [-0.15, -0.1) is 0 Å². The fraction of sp³-hybridized carbons (Fsp3) is 0.263. The summed E-state index contributed by atoms with van der Waals surface area (Å²) in [5, 5.41) is 4.61. The maximum absolute atomic E-state index is 12.3. The number of carbonyl (C=O) groups is 1. The molecule has 0 atom stereocenters. The topological polar surface area (TPSA) is 46.9 Å². The van der Waals surface area contributed by atoms with Crippen LogP contribution in [0.4, 0.5) is 5.69 Å². The highest BCUT2D eigenvalue weighted by molar-refractivity contribution is 7.99. The summed E-state index contributed by atoms with van der Waals surface area (Å²) in [6, 6.07) is 13.0. The molecule has 1 aromatic heterocycles. The third kappa shape index (κ3) is 4.53. The minimum atomic E-state index is -0.137. The molecule has 136 valence electrons. The molecule has 4 nitrogen and oxygen atoms in total.